The summed E-state index contributed by atoms with van der Waals surface area (Å²) in [7, 11) is 0. The fourth-order valence-corrected chi connectivity index (χ4v) is 6.22. The lowest BCUT2D eigenvalue weighted by Crippen LogP contribution is -2.46. The number of nitrogens with zero attached hydrogens (tertiary/aromatic N) is 7. The van der Waals surface area contributed by atoms with Gasteiger partial charge in [-0.05, 0) is 68.7 Å². The Morgan fingerprint density at radius 2 is 1.76 bits per heavy atom. The predicted octanol–water partition coefficient (Wildman–Crippen LogP) is 5.23. The van der Waals surface area contributed by atoms with Gasteiger partial charge in [-0.15, -0.1) is 5.10 Å². The lowest BCUT2D eigenvalue weighted by Gasteiger charge is -2.40. The van der Waals surface area contributed by atoms with Crippen molar-refractivity contribution in [2.45, 2.75) is 52.9 Å². The fraction of sp³-hybridized carbons (Fsp3) is 0.394. The van der Waals surface area contributed by atoms with Gasteiger partial charge in [0.15, 0.2) is 11.6 Å². The number of nitrogens with one attached hydrogen (secondary N) is 1. The quantitative estimate of drug-likeness (QED) is 0.468. The SMILES string of the molecule is C=C1CN/C(CC)=C(/N2CCN(C(=C)c3ncnc(C)c3C)CC2)C(=C)n2nc(-c3ccc4c(c3)CCCC4)nc21. The van der Waals surface area contributed by atoms with Gasteiger partial charge in [0.25, 0.3) is 0 Å². The summed E-state index contributed by atoms with van der Waals surface area (Å²) in [5.74, 6) is 1.50. The van der Waals surface area contributed by atoms with Crippen molar-refractivity contribution in [1.29, 1.82) is 0 Å². The van der Waals surface area contributed by atoms with Crippen molar-refractivity contribution in [2.24, 2.45) is 0 Å². The first-order valence-electron chi connectivity index (χ1n) is 14.8. The highest BCUT2D eigenvalue weighted by molar-refractivity contribution is 5.73. The maximum absolute atomic E-state index is 5.04. The number of fused-ring (bicyclic) bond motifs is 2. The molecule has 1 saturated heterocycles. The minimum absolute atomic E-state index is 0.616. The minimum Gasteiger partial charge on any atom is -0.382 e. The van der Waals surface area contributed by atoms with Gasteiger partial charge < -0.3 is 15.1 Å². The summed E-state index contributed by atoms with van der Waals surface area (Å²) < 4.78 is 1.92. The Labute approximate surface area is 243 Å². The molecule has 1 aliphatic carbocycles. The predicted molar refractivity (Wildman–Crippen MR) is 165 cm³/mol. The average Bonchev–Trinajstić information content (AvgIpc) is 3.45. The molecule has 8 nitrogen and oxygen atoms in total. The van der Waals surface area contributed by atoms with Crippen LogP contribution in [-0.2, 0) is 12.8 Å². The molecule has 3 aliphatic rings. The third kappa shape index (κ3) is 4.96. The summed E-state index contributed by atoms with van der Waals surface area (Å²) >= 11 is 0. The average molecular weight is 549 g/mol. The van der Waals surface area contributed by atoms with E-state index in [9.17, 15) is 0 Å². The van der Waals surface area contributed by atoms with Crippen LogP contribution < -0.4 is 5.32 Å². The Kier molecular flexibility index (Phi) is 7.24. The molecular formula is C33H40N8. The van der Waals surface area contributed by atoms with Crippen molar-refractivity contribution >= 4 is 17.0 Å². The summed E-state index contributed by atoms with van der Waals surface area (Å²) in [5.41, 5.74) is 11.9. The Morgan fingerprint density at radius 1 is 1.00 bits per heavy atom. The molecule has 6 rings (SSSR count). The molecule has 2 aliphatic heterocycles. The third-order valence-electron chi connectivity index (χ3n) is 8.80. The minimum atomic E-state index is 0.616. The van der Waals surface area contributed by atoms with Gasteiger partial charge in [0.1, 0.15) is 6.33 Å². The maximum Gasteiger partial charge on any atom is 0.182 e. The summed E-state index contributed by atoms with van der Waals surface area (Å²) in [5, 5.41) is 8.69. The van der Waals surface area contributed by atoms with Crippen LogP contribution in [0.2, 0.25) is 0 Å². The molecule has 0 spiro atoms. The smallest absolute Gasteiger partial charge is 0.182 e. The van der Waals surface area contributed by atoms with Crippen LogP contribution in [-0.4, -0.2) is 67.3 Å². The number of hydrogen-bond donors (Lipinski definition) is 1. The van der Waals surface area contributed by atoms with Crippen LogP contribution in [0.3, 0.4) is 0 Å². The van der Waals surface area contributed by atoms with Crippen molar-refractivity contribution in [3.8, 4) is 11.4 Å². The fourth-order valence-electron chi connectivity index (χ4n) is 6.22. The molecule has 3 aromatic rings. The van der Waals surface area contributed by atoms with E-state index in [4.69, 9.17) is 10.1 Å². The van der Waals surface area contributed by atoms with E-state index in [2.05, 4.69) is 76.9 Å². The zero-order valence-corrected chi connectivity index (χ0v) is 24.6. The second-order valence-corrected chi connectivity index (χ2v) is 11.3. The molecule has 41 heavy (non-hydrogen) atoms. The standard InChI is InChI=1S/C33H40N8/c1-7-29-31(40-16-14-39(15-17-40)24(5)30-22(3)23(4)35-20-36-30)25(6)41-33(21(2)19-34-29)37-32(38-41)28-13-12-26-10-8-9-11-27(26)18-28/h12-13,18,20,34H,2,5-11,14-17,19H2,1,3-4H3/b31-29+. The van der Waals surface area contributed by atoms with Gasteiger partial charge in [-0.2, -0.15) is 0 Å². The van der Waals surface area contributed by atoms with Crippen LogP contribution in [0.1, 0.15) is 60.1 Å². The van der Waals surface area contributed by atoms with Gasteiger partial charge in [0, 0.05) is 55.3 Å². The van der Waals surface area contributed by atoms with Crippen LogP contribution >= 0.6 is 0 Å². The summed E-state index contributed by atoms with van der Waals surface area (Å²) in [6, 6.07) is 6.70. The number of rotatable bonds is 5. The van der Waals surface area contributed by atoms with E-state index in [1.807, 2.05) is 11.6 Å². The van der Waals surface area contributed by atoms with Gasteiger partial charge >= 0.3 is 0 Å². The van der Waals surface area contributed by atoms with Gasteiger partial charge in [-0.3, -0.25) is 0 Å². The second kappa shape index (κ2) is 11.0. The van der Waals surface area contributed by atoms with E-state index in [1.165, 1.54) is 24.0 Å². The Balaban J connectivity index is 1.28. The molecule has 2 aromatic heterocycles. The Bertz CT molecular complexity index is 1570. The van der Waals surface area contributed by atoms with Gasteiger partial charge in [-0.1, -0.05) is 38.8 Å². The Hall–Kier alpha value is -4.20. The lowest BCUT2D eigenvalue weighted by molar-refractivity contribution is 0.215. The van der Waals surface area contributed by atoms with E-state index in [-0.39, 0.29) is 0 Å². The Morgan fingerprint density at radius 3 is 2.51 bits per heavy atom. The van der Waals surface area contributed by atoms with E-state index in [0.29, 0.717) is 6.54 Å². The zero-order chi connectivity index (χ0) is 28.7. The maximum atomic E-state index is 5.04. The molecule has 212 valence electrons. The first-order valence-corrected chi connectivity index (χ1v) is 14.8. The highest BCUT2D eigenvalue weighted by Gasteiger charge is 2.29. The van der Waals surface area contributed by atoms with Crippen LogP contribution in [0, 0.1) is 13.8 Å². The number of aryl methyl sites for hydroxylation is 3. The van der Waals surface area contributed by atoms with Crippen LogP contribution in [0.4, 0.5) is 0 Å². The number of hydrogen-bond acceptors (Lipinski definition) is 7. The molecule has 1 fully saturated rings. The van der Waals surface area contributed by atoms with Crippen molar-refractivity contribution in [2.75, 3.05) is 32.7 Å². The highest BCUT2D eigenvalue weighted by Crippen LogP contribution is 2.32. The van der Waals surface area contributed by atoms with Crippen molar-refractivity contribution in [1.82, 2.24) is 39.8 Å². The molecule has 1 aromatic carbocycles. The van der Waals surface area contributed by atoms with Gasteiger partial charge in [0.05, 0.1) is 22.8 Å². The normalized spacial score (nSPS) is 19.3. The number of benzene rings is 1. The number of piperazine rings is 1. The molecular weight excluding hydrogens is 508 g/mol. The van der Waals surface area contributed by atoms with E-state index in [0.717, 1.165) is 108 Å². The molecule has 4 heterocycles. The molecule has 0 bridgehead atoms. The molecule has 0 amide bonds. The molecule has 1 N–H and O–H groups in total. The van der Waals surface area contributed by atoms with E-state index in [1.54, 1.807) is 6.33 Å². The van der Waals surface area contributed by atoms with Crippen molar-refractivity contribution in [3.63, 3.8) is 0 Å². The van der Waals surface area contributed by atoms with Gasteiger partial charge in [-0.25, -0.2) is 19.6 Å². The summed E-state index contributed by atoms with van der Waals surface area (Å²) in [6.07, 6.45) is 7.29. The number of allylic oxidation sites excluding steroid dienone is 2. The second-order valence-electron chi connectivity index (χ2n) is 11.3. The summed E-state index contributed by atoms with van der Waals surface area (Å²) in [6.45, 7) is 23.6. The monoisotopic (exact) mass is 548 g/mol. The molecule has 0 atom stereocenters. The van der Waals surface area contributed by atoms with Crippen LogP contribution in [0.5, 0.6) is 0 Å². The molecule has 0 saturated carbocycles. The molecule has 8 heteroatoms. The largest absolute Gasteiger partial charge is 0.382 e. The van der Waals surface area contributed by atoms with Crippen LogP contribution in [0.25, 0.3) is 28.4 Å². The third-order valence-corrected chi connectivity index (χ3v) is 8.80. The lowest BCUT2D eigenvalue weighted by atomic mass is 9.90. The first kappa shape index (κ1) is 27.0. The van der Waals surface area contributed by atoms with Crippen LogP contribution in [0.15, 0.2) is 55.7 Å². The topological polar surface area (TPSA) is 75.0 Å². The molecule has 0 unspecified atom stereocenters. The van der Waals surface area contributed by atoms with E-state index < -0.39 is 0 Å². The zero-order valence-electron chi connectivity index (χ0n) is 24.6. The highest BCUT2D eigenvalue weighted by atomic mass is 15.4. The van der Waals surface area contributed by atoms with E-state index >= 15 is 0 Å². The molecule has 0 radical (unpaired) electrons. The van der Waals surface area contributed by atoms with Crippen molar-refractivity contribution in [3.05, 3.63) is 89.6 Å². The van der Waals surface area contributed by atoms with Crippen molar-refractivity contribution < 1.29 is 0 Å². The number of aromatic nitrogens is 5. The summed E-state index contributed by atoms with van der Waals surface area (Å²) in [4.78, 5) is 18.6. The van der Waals surface area contributed by atoms with Gasteiger partial charge in [0.2, 0.25) is 0 Å². The first-order chi connectivity index (χ1) is 19.9.